The van der Waals surface area contributed by atoms with Crippen LogP contribution < -0.4 is 4.90 Å². The lowest BCUT2D eigenvalue weighted by Gasteiger charge is -2.42. The van der Waals surface area contributed by atoms with E-state index < -0.39 is 0 Å². The maximum absolute atomic E-state index is 11.2. The highest BCUT2D eigenvalue weighted by Gasteiger charge is 2.31. The second-order valence-electron chi connectivity index (χ2n) is 5.23. The molecule has 1 aromatic rings. The Labute approximate surface area is 112 Å². The van der Waals surface area contributed by atoms with Gasteiger partial charge in [0.05, 0.1) is 5.56 Å². The number of nitrogens with zero attached hydrogens (tertiary/aromatic N) is 3. The zero-order valence-corrected chi connectivity index (χ0v) is 11.7. The summed E-state index contributed by atoms with van der Waals surface area (Å²) in [5.74, 6) is 1.82. The number of halogens is 1. The molecule has 5 heteroatoms. The van der Waals surface area contributed by atoms with Crippen LogP contribution in [0, 0.1) is 11.8 Å². The Bertz CT molecular complexity index is 452. The van der Waals surface area contributed by atoms with Crippen molar-refractivity contribution in [2.24, 2.45) is 11.8 Å². The van der Waals surface area contributed by atoms with Crippen LogP contribution >= 0.6 is 11.6 Å². The number of hydrogen-bond acceptors (Lipinski definition) is 4. The Morgan fingerprint density at radius 2 is 2.11 bits per heavy atom. The van der Waals surface area contributed by atoms with Crippen molar-refractivity contribution in [3.05, 3.63) is 17.0 Å². The molecule has 0 aromatic carbocycles. The Morgan fingerprint density at radius 1 is 1.39 bits per heavy atom. The Hall–Kier alpha value is -1.16. The molecule has 18 heavy (non-hydrogen) atoms. The van der Waals surface area contributed by atoms with Gasteiger partial charge in [-0.2, -0.15) is 0 Å². The average molecular weight is 268 g/mol. The van der Waals surface area contributed by atoms with Crippen LogP contribution in [0.3, 0.4) is 0 Å². The van der Waals surface area contributed by atoms with E-state index in [0.717, 1.165) is 12.8 Å². The molecule has 1 aromatic heterocycles. The Balaban J connectivity index is 2.41. The van der Waals surface area contributed by atoms with Gasteiger partial charge in [-0.05, 0) is 25.2 Å². The number of anilines is 1. The van der Waals surface area contributed by atoms with Gasteiger partial charge in [0.2, 0.25) is 0 Å². The minimum Gasteiger partial charge on any atom is -0.353 e. The fourth-order valence-electron chi connectivity index (χ4n) is 2.69. The van der Waals surface area contributed by atoms with E-state index in [1.165, 1.54) is 12.7 Å². The SMILES string of the molecule is CC1CC(C)C(C)N(c2ncnc(Cl)c2C=O)C1. The van der Waals surface area contributed by atoms with Gasteiger partial charge in [-0.25, -0.2) is 9.97 Å². The largest absolute Gasteiger partial charge is 0.353 e. The summed E-state index contributed by atoms with van der Waals surface area (Å²) < 4.78 is 0. The standard InChI is InChI=1S/C13H18ClN3O/c1-8-4-9(2)10(3)17(5-8)13-11(6-18)12(14)15-7-16-13/h6-10H,4-5H2,1-3H3. The summed E-state index contributed by atoms with van der Waals surface area (Å²) in [5.41, 5.74) is 0.396. The first-order chi connectivity index (χ1) is 8.54. The zero-order valence-electron chi connectivity index (χ0n) is 10.9. The first-order valence-electron chi connectivity index (χ1n) is 6.27. The number of aromatic nitrogens is 2. The number of carbonyl (C=O) groups is 1. The molecule has 98 valence electrons. The Morgan fingerprint density at radius 3 is 2.78 bits per heavy atom. The second-order valence-corrected chi connectivity index (χ2v) is 5.59. The molecule has 4 nitrogen and oxygen atoms in total. The molecule has 1 aliphatic heterocycles. The van der Waals surface area contributed by atoms with E-state index in [4.69, 9.17) is 11.6 Å². The average Bonchev–Trinajstić information content (AvgIpc) is 2.33. The zero-order chi connectivity index (χ0) is 13.3. The third kappa shape index (κ3) is 2.34. The molecular weight excluding hydrogens is 250 g/mol. The highest BCUT2D eigenvalue weighted by atomic mass is 35.5. The van der Waals surface area contributed by atoms with E-state index in [2.05, 4.69) is 35.6 Å². The summed E-state index contributed by atoms with van der Waals surface area (Å²) in [7, 11) is 0. The second kappa shape index (κ2) is 5.22. The molecule has 1 aliphatic rings. The van der Waals surface area contributed by atoms with Crippen LogP contribution in [-0.4, -0.2) is 28.8 Å². The van der Waals surface area contributed by atoms with Gasteiger partial charge >= 0.3 is 0 Å². The van der Waals surface area contributed by atoms with E-state index in [9.17, 15) is 4.79 Å². The maximum Gasteiger partial charge on any atom is 0.156 e. The molecule has 1 saturated heterocycles. The number of carbonyl (C=O) groups excluding carboxylic acids is 1. The quantitative estimate of drug-likeness (QED) is 0.611. The molecule has 0 radical (unpaired) electrons. The summed E-state index contributed by atoms with van der Waals surface area (Å²) in [6.45, 7) is 7.52. The van der Waals surface area contributed by atoms with Crippen LogP contribution in [0.1, 0.15) is 37.6 Å². The number of piperidine rings is 1. The topological polar surface area (TPSA) is 46.1 Å². The van der Waals surface area contributed by atoms with Crippen molar-refractivity contribution in [3.8, 4) is 0 Å². The molecule has 3 unspecified atom stereocenters. The normalized spacial score (nSPS) is 28.2. The van der Waals surface area contributed by atoms with E-state index in [1.54, 1.807) is 0 Å². The summed E-state index contributed by atoms with van der Waals surface area (Å²) in [5, 5.41) is 0.230. The van der Waals surface area contributed by atoms with Crippen molar-refractivity contribution in [1.82, 2.24) is 9.97 Å². The molecule has 3 atom stereocenters. The van der Waals surface area contributed by atoms with E-state index in [-0.39, 0.29) is 5.15 Å². The van der Waals surface area contributed by atoms with Crippen molar-refractivity contribution < 1.29 is 4.79 Å². The first kappa shape index (κ1) is 13.3. The molecule has 0 bridgehead atoms. The summed E-state index contributed by atoms with van der Waals surface area (Å²) >= 11 is 5.96. The summed E-state index contributed by atoms with van der Waals surface area (Å²) in [6.07, 6.45) is 3.36. The minimum absolute atomic E-state index is 0.230. The van der Waals surface area contributed by atoms with Crippen LogP contribution in [0.4, 0.5) is 5.82 Å². The lowest BCUT2D eigenvalue weighted by atomic mass is 9.86. The van der Waals surface area contributed by atoms with Crippen molar-refractivity contribution in [3.63, 3.8) is 0 Å². The number of aldehydes is 1. The third-order valence-electron chi connectivity index (χ3n) is 3.80. The Kier molecular flexibility index (Phi) is 3.85. The van der Waals surface area contributed by atoms with Crippen LogP contribution in [0.15, 0.2) is 6.33 Å². The van der Waals surface area contributed by atoms with Gasteiger partial charge in [-0.15, -0.1) is 0 Å². The molecule has 0 aliphatic carbocycles. The molecule has 0 N–H and O–H groups in total. The van der Waals surface area contributed by atoms with Gasteiger partial charge in [0, 0.05) is 12.6 Å². The van der Waals surface area contributed by atoms with Crippen LogP contribution in [0.5, 0.6) is 0 Å². The van der Waals surface area contributed by atoms with E-state index in [1.807, 2.05) is 0 Å². The highest BCUT2D eigenvalue weighted by molar-refractivity contribution is 6.32. The molecule has 0 amide bonds. The predicted molar refractivity (Wildman–Crippen MR) is 72.2 cm³/mol. The monoisotopic (exact) mass is 267 g/mol. The summed E-state index contributed by atoms with van der Waals surface area (Å²) in [4.78, 5) is 21.5. The van der Waals surface area contributed by atoms with Gasteiger partial charge in [0.25, 0.3) is 0 Å². The molecule has 2 rings (SSSR count). The number of rotatable bonds is 2. The van der Waals surface area contributed by atoms with Gasteiger partial charge in [-0.1, -0.05) is 25.4 Å². The highest BCUT2D eigenvalue weighted by Crippen LogP contribution is 2.32. The van der Waals surface area contributed by atoms with Gasteiger partial charge in [-0.3, -0.25) is 4.79 Å². The van der Waals surface area contributed by atoms with Crippen molar-refractivity contribution in [1.29, 1.82) is 0 Å². The van der Waals surface area contributed by atoms with Crippen LogP contribution in [0.2, 0.25) is 5.15 Å². The van der Waals surface area contributed by atoms with Crippen LogP contribution in [0.25, 0.3) is 0 Å². The fourth-order valence-corrected chi connectivity index (χ4v) is 2.86. The number of hydrogen-bond donors (Lipinski definition) is 0. The smallest absolute Gasteiger partial charge is 0.156 e. The van der Waals surface area contributed by atoms with E-state index >= 15 is 0 Å². The van der Waals surface area contributed by atoms with Gasteiger partial charge < -0.3 is 4.90 Å². The van der Waals surface area contributed by atoms with Crippen molar-refractivity contribution in [2.75, 3.05) is 11.4 Å². The van der Waals surface area contributed by atoms with Gasteiger partial charge in [0.1, 0.15) is 17.3 Å². The molecule has 2 heterocycles. The minimum atomic E-state index is 0.230. The van der Waals surface area contributed by atoms with Crippen LogP contribution in [-0.2, 0) is 0 Å². The molecule has 0 spiro atoms. The summed E-state index contributed by atoms with van der Waals surface area (Å²) in [6, 6.07) is 0.353. The first-order valence-corrected chi connectivity index (χ1v) is 6.64. The molecule has 1 fully saturated rings. The van der Waals surface area contributed by atoms with Gasteiger partial charge in [0.15, 0.2) is 6.29 Å². The molecule has 0 saturated carbocycles. The van der Waals surface area contributed by atoms with Crippen molar-refractivity contribution in [2.45, 2.75) is 33.2 Å². The third-order valence-corrected chi connectivity index (χ3v) is 4.10. The lowest BCUT2D eigenvalue weighted by Crippen LogP contribution is -2.46. The fraction of sp³-hybridized carbons (Fsp3) is 0.615. The predicted octanol–water partition coefficient (Wildman–Crippen LogP) is 2.81. The van der Waals surface area contributed by atoms with E-state index in [0.29, 0.717) is 29.3 Å². The lowest BCUT2D eigenvalue weighted by molar-refractivity contribution is 0.112. The van der Waals surface area contributed by atoms with Crippen molar-refractivity contribution >= 4 is 23.7 Å². The molecular formula is C13H18ClN3O. The maximum atomic E-state index is 11.2.